The number of aromatic amines is 1. The molecule has 2 N–H and O–H groups in total. The molecule has 0 aliphatic carbocycles. The topological polar surface area (TPSA) is 82.1 Å². The minimum atomic E-state index is 0.316. The number of fused-ring (bicyclic) bond motifs is 3. The van der Waals surface area contributed by atoms with Crippen molar-refractivity contribution in [1.29, 1.82) is 0 Å². The lowest BCUT2D eigenvalue weighted by atomic mass is 10.2. The Bertz CT molecular complexity index is 1100. The number of nitrogens with one attached hydrogen (secondary N) is 2. The third kappa shape index (κ3) is 3.16. The molecule has 0 saturated carbocycles. The number of hydrogen-bond donors (Lipinski definition) is 2. The van der Waals surface area contributed by atoms with Crippen molar-refractivity contribution in [3.05, 3.63) is 53.1 Å². The van der Waals surface area contributed by atoms with Crippen LogP contribution in [0.4, 0.5) is 11.6 Å². The summed E-state index contributed by atoms with van der Waals surface area (Å²) >= 11 is 6.04. The normalized spacial score (nSPS) is 11.5. The van der Waals surface area contributed by atoms with E-state index in [1.54, 1.807) is 6.21 Å². The summed E-state index contributed by atoms with van der Waals surface area (Å²) in [7, 11) is 4.01. The van der Waals surface area contributed by atoms with Gasteiger partial charge < -0.3 is 9.88 Å². The van der Waals surface area contributed by atoms with Gasteiger partial charge in [-0.3, -0.25) is 0 Å². The first kappa shape index (κ1) is 16.3. The van der Waals surface area contributed by atoms with Gasteiger partial charge in [-0.15, -0.1) is 10.2 Å². The highest BCUT2D eigenvalue weighted by Crippen LogP contribution is 2.25. The fraction of sp³-hybridized carbons (Fsp3) is 0.111. The average molecular weight is 366 g/mol. The van der Waals surface area contributed by atoms with Gasteiger partial charge in [0, 0.05) is 35.7 Å². The Morgan fingerprint density at radius 1 is 1.12 bits per heavy atom. The van der Waals surface area contributed by atoms with Crippen LogP contribution in [0.5, 0.6) is 0 Å². The Morgan fingerprint density at radius 2 is 1.92 bits per heavy atom. The van der Waals surface area contributed by atoms with Gasteiger partial charge in [-0.25, -0.2) is 5.43 Å². The summed E-state index contributed by atoms with van der Waals surface area (Å²) < 4.78 is 0. The van der Waals surface area contributed by atoms with Crippen molar-refractivity contribution in [3.63, 3.8) is 0 Å². The third-order valence-electron chi connectivity index (χ3n) is 3.96. The van der Waals surface area contributed by atoms with Gasteiger partial charge in [-0.2, -0.15) is 10.1 Å². The second kappa shape index (κ2) is 6.61. The van der Waals surface area contributed by atoms with Crippen LogP contribution in [0, 0.1) is 0 Å². The van der Waals surface area contributed by atoms with E-state index in [1.807, 2.05) is 61.5 Å². The summed E-state index contributed by atoms with van der Waals surface area (Å²) in [6, 6.07) is 13.6. The molecule has 0 bridgehead atoms. The van der Waals surface area contributed by atoms with Gasteiger partial charge in [0.05, 0.1) is 6.21 Å². The molecule has 4 aromatic rings. The van der Waals surface area contributed by atoms with E-state index in [4.69, 9.17) is 11.6 Å². The van der Waals surface area contributed by atoms with E-state index in [-0.39, 0.29) is 0 Å². The minimum Gasteiger partial charge on any atom is -0.378 e. The summed E-state index contributed by atoms with van der Waals surface area (Å²) in [6.07, 6.45) is 1.71. The first-order valence-corrected chi connectivity index (χ1v) is 8.36. The van der Waals surface area contributed by atoms with E-state index in [9.17, 15) is 0 Å². The van der Waals surface area contributed by atoms with Gasteiger partial charge in [0.15, 0.2) is 5.65 Å². The standard InChI is InChI=1S/C18H16ClN7/c1-26(2)13-6-3-11(4-7-13)10-20-24-18-22-17-16(23-25-18)14-9-12(19)5-8-15(14)21-17/h3-10H,1-2H3,(H2,21,22,24,25)/b20-10+. The maximum absolute atomic E-state index is 6.04. The van der Waals surface area contributed by atoms with Crippen molar-refractivity contribution in [2.45, 2.75) is 0 Å². The molecule has 4 rings (SSSR count). The number of hydrogen-bond acceptors (Lipinski definition) is 6. The molecule has 0 fully saturated rings. The van der Waals surface area contributed by atoms with Crippen LogP contribution in [0.3, 0.4) is 0 Å². The molecule has 0 aliphatic rings. The lowest BCUT2D eigenvalue weighted by molar-refractivity contribution is 1.01. The molecular formula is C18H16ClN7. The first-order valence-electron chi connectivity index (χ1n) is 7.98. The molecule has 0 saturated heterocycles. The second-order valence-corrected chi connectivity index (χ2v) is 6.44. The summed E-state index contributed by atoms with van der Waals surface area (Å²) in [5.74, 6) is 0.316. The first-order chi connectivity index (χ1) is 12.6. The predicted molar refractivity (Wildman–Crippen MR) is 106 cm³/mol. The molecule has 8 heteroatoms. The summed E-state index contributed by atoms with van der Waals surface area (Å²) in [4.78, 5) is 9.65. The molecule has 0 amide bonds. The maximum Gasteiger partial charge on any atom is 0.265 e. The third-order valence-corrected chi connectivity index (χ3v) is 4.20. The van der Waals surface area contributed by atoms with Gasteiger partial charge in [-0.05, 0) is 35.9 Å². The fourth-order valence-corrected chi connectivity index (χ4v) is 2.79. The van der Waals surface area contributed by atoms with Crippen molar-refractivity contribution in [1.82, 2.24) is 20.2 Å². The van der Waals surface area contributed by atoms with Gasteiger partial charge in [0.1, 0.15) is 5.52 Å². The largest absolute Gasteiger partial charge is 0.378 e. The molecule has 2 heterocycles. The van der Waals surface area contributed by atoms with Crippen molar-refractivity contribution in [3.8, 4) is 0 Å². The molecule has 0 atom stereocenters. The van der Waals surface area contributed by atoms with Crippen LogP contribution < -0.4 is 10.3 Å². The van der Waals surface area contributed by atoms with Gasteiger partial charge >= 0.3 is 0 Å². The second-order valence-electron chi connectivity index (χ2n) is 6.00. The zero-order valence-electron chi connectivity index (χ0n) is 14.2. The van der Waals surface area contributed by atoms with Crippen LogP contribution >= 0.6 is 11.6 Å². The summed E-state index contributed by atoms with van der Waals surface area (Å²) in [5.41, 5.74) is 7.12. The predicted octanol–water partition coefficient (Wildman–Crippen LogP) is 3.67. The van der Waals surface area contributed by atoms with Crippen LogP contribution in [0.2, 0.25) is 5.02 Å². The highest BCUT2D eigenvalue weighted by Gasteiger charge is 2.09. The van der Waals surface area contributed by atoms with Crippen molar-refractivity contribution in [2.24, 2.45) is 5.10 Å². The lowest BCUT2D eigenvalue weighted by Crippen LogP contribution is -2.08. The molecule has 0 radical (unpaired) electrons. The zero-order chi connectivity index (χ0) is 18.1. The van der Waals surface area contributed by atoms with E-state index in [0.717, 1.165) is 22.2 Å². The number of rotatable bonds is 4. The van der Waals surface area contributed by atoms with Gasteiger partial charge in [0.2, 0.25) is 0 Å². The Hall–Kier alpha value is -3.19. The molecule has 2 aromatic heterocycles. The number of halogens is 1. The summed E-state index contributed by atoms with van der Waals surface area (Å²) in [5, 5.41) is 14.0. The molecule has 7 nitrogen and oxygen atoms in total. The monoisotopic (exact) mass is 365 g/mol. The Morgan fingerprint density at radius 3 is 2.69 bits per heavy atom. The highest BCUT2D eigenvalue weighted by atomic mass is 35.5. The number of benzene rings is 2. The minimum absolute atomic E-state index is 0.316. The molecule has 0 unspecified atom stereocenters. The molecular weight excluding hydrogens is 350 g/mol. The van der Waals surface area contributed by atoms with Crippen LogP contribution in [0.25, 0.3) is 22.1 Å². The molecule has 2 aromatic carbocycles. The van der Waals surface area contributed by atoms with E-state index >= 15 is 0 Å². The molecule has 130 valence electrons. The smallest absolute Gasteiger partial charge is 0.265 e. The number of hydrazone groups is 1. The number of aromatic nitrogens is 4. The molecule has 26 heavy (non-hydrogen) atoms. The van der Waals surface area contributed by atoms with Gasteiger partial charge in [0.25, 0.3) is 5.95 Å². The van der Waals surface area contributed by atoms with E-state index in [2.05, 4.69) is 30.7 Å². The Kier molecular flexibility index (Phi) is 4.14. The zero-order valence-corrected chi connectivity index (χ0v) is 15.0. The Balaban J connectivity index is 1.54. The molecule has 0 spiro atoms. The van der Waals surface area contributed by atoms with Crippen molar-refractivity contribution >= 4 is 51.5 Å². The SMILES string of the molecule is CN(C)c1ccc(/C=N/Nc2nnc3c(n2)[nH]c2ccc(Cl)cc23)cc1. The maximum atomic E-state index is 6.04. The van der Waals surface area contributed by atoms with E-state index < -0.39 is 0 Å². The van der Waals surface area contributed by atoms with Crippen molar-refractivity contribution < 1.29 is 0 Å². The molecule has 0 aliphatic heterocycles. The lowest BCUT2D eigenvalue weighted by Gasteiger charge is -2.11. The van der Waals surface area contributed by atoms with Crippen LogP contribution in [0.1, 0.15) is 5.56 Å². The van der Waals surface area contributed by atoms with Gasteiger partial charge in [-0.1, -0.05) is 23.7 Å². The van der Waals surface area contributed by atoms with Crippen molar-refractivity contribution in [2.75, 3.05) is 24.4 Å². The van der Waals surface area contributed by atoms with Crippen LogP contribution in [-0.2, 0) is 0 Å². The summed E-state index contributed by atoms with van der Waals surface area (Å²) in [6.45, 7) is 0. The fourth-order valence-electron chi connectivity index (χ4n) is 2.61. The quantitative estimate of drug-likeness (QED) is 0.426. The average Bonchev–Trinajstić information content (AvgIpc) is 2.99. The number of H-pyrrole nitrogens is 1. The number of nitrogens with zero attached hydrogens (tertiary/aromatic N) is 5. The number of anilines is 2. The van der Waals surface area contributed by atoms with E-state index in [1.165, 1.54) is 0 Å². The van der Waals surface area contributed by atoms with Crippen LogP contribution in [-0.4, -0.2) is 40.5 Å². The van der Waals surface area contributed by atoms with E-state index in [0.29, 0.717) is 22.1 Å². The Labute approximate surface area is 154 Å². The highest BCUT2D eigenvalue weighted by molar-refractivity contribution is 6.31. The van der Waals surface area contributed by atoms with Crippen LogP contribution in [0.15, 0.2) is 47.6 Å².